The monoisotopic (exact) mass is 345 g/mol. The van der Waals surface area contributed by atoms with Gasteiger partial charge in [-0.1, -0.05) is 36.4 Å². The van der Waals surface area contributed by atoms with Gasteiger partial charge in [-0.2, -0.15) is 0 Å². The van der Waals surface area contributed by atoms with Crippen LogP contribution in [0.3, 0.4) is 0 Å². The van der Waals surface area contributed by atoms with Gasteiger partial charge < -0.3 is 5.11 Å². The summed E-state index contributed by atoms with van der Waals surface area (Å²) in [6, 6.07) is 15.0. The van der Waals surface area contributed by atoms with Gasteiger partial charge in [0, 0.05) is 25.9 Å². The minimum Gasteiger partial charge on any atom is -0.384 e. The predicted molar refractivity (Wildman–Crippen MR) is 94.5 cm³/mol. The highest BCUT2D eigenvalue weighted by molar-refractivity contribution is 7.90. The molecule has 4 nitrogen and oxygen atoms in total. The van der Waals surface area contributed by atoms with Crippen LogP contribution in [0, 0.1) is 6.92 Å². The molecule has 128 valence electrons. The van der Waals surface area contributed by atoms with Crippen LogP contribution in [0.5, 0.6) is 0 Å². The maximum Gasteiger partial charge on any atom is 0.175 e. The molecule has 2 aromatic carbocycles. The Labute approximate surface area is 143 Å². The van der Waals surface area contributed by atoms with Gasteiger partial charge in [0.05, 0.1) is 4.90 Å². The molecule has 0 spiro atoms. The molecule has 1 fully saturated rings. The molecule has 1 aliphatic heterocycles. The van der Waals surface area contributed by atoms with E-state index in [2.05, 4.69) is 4.90 Å². The first-order valence-corrected chi connectivity index (χ1v) is 9.97. The molecule has 1 atom stereocenters. The summed E-state index contributed by atoms with van der Waals surface area (Å²) < 4.78 is 23.0. The van der Waals surface area contributed by atoms with Gasteiger partial charge in [-0.05, 0) is 42.2 Å². The maximum absolute atomic E-state index is 11.5. The van der Waals surface area contributed by atoms with Gasteiger partial charge in [0.1, 0.15) is 5.60 Å². The van der Waals surface area contributed by atoms with Crippen molar-refractivity contribution in [2.75, 3.05) is 19.3 Å². The molecule has 0 unspecified atom stereocenters. The van der Waals surface area contributed by atoms with Crippen LogP contribution in [0.15, 0.2) is 53.4 Å². The molecule has 0 amide bonds. The van der Waals surface area contributed by atoms with Gasteiger partial charge in [0.15, 0.2) is 9.84 Å². The topological polar surface area (TPSA) is 57.6 Å². The van der Waals surface area contributed by atoms with Gasteiger partial charge in [-0.25, -0.2) is 8.42 Å². The van der Waals surface area contributed by atoms with E-state index in [-0.39, 0.29) is 0 Å². The molecule has 1 aliphatic rings. The Bertz CT molecular complexity index is 830. The number of sulfone groups is 1. The van der Waals surface area contributed by atoms with Crippen molar-refractivity contribution in [3.05, 3.63) is 65.2 Å². The van der Waals surface area contributed by atoms with Crippen LogP contribution in [-0.2, 0) is 22.0 Å². The highest BCUT2D eigenvalue weighted by Gasteiger charge is 2.38. The van der Waals surface area contributed by atoms with Crippen LogP contribution >= 0.6 is 0 Å². The van der Waals surface area contributed by atoms with E-state index in [0.717, 1.165) is 23.2 Å². The van der Waals surface area contributed by atoms with Gasteiger partial charge in [-0.15, -0.1) is 0 Å². The van der Waals surface area contributed by atoms with E-state index in [0.29, 0.717) is 24.4 Å². The van der Waals surface area contributed by atoms with Crippen molar-refractivity contribution >= 4 is 9.84 Å². The Hall–Kier alpha value is -1.69. The number of benzene rings is 2. The predicted octanol–water partition coefficient (Wildman–Crippen LogP) is 2.49. The number of aryl methyl sites for hydroxylation is 1. The number of aliphatic hydroxyl groups is 1. The van der Waals surface area contributed by atoms with Crippen molar-refractivity contribution in [2.24, 2.45) is 0 Å². The molecule has 5 heteroatoms. The summed E-state index contributed by atoms with van der Waals surface area (Å²) in [5, 5.41) is 11.0. The second kappa shape index (κ2) is 6.31. The first-order valence-electron chi connectivity index (χ1n) is 8.08. The van der Waals surface area contributed by atoms with E-state index < -0.39 is 15.4 Å². The van der Waals surface area contributed by atoms with Crippen molar-refractivity contribution in [3.63, 3.8) is 0 Å². The summed E-state index contributed by atoms with van der Waals surface area (Å²) in [7, 11) is -3.16. The molecule has 0 saturated carbocycles. The summed E-state index contributed by atoms with van der Waals surface area (Å²) >= 11 is 0. The molecule has 0 aromatic heterocycles. The first-order chi connectivity index (χ1) is 11.3. The number of nitrogens with zero attached hydrogens (tertiary/aromatic N) is 1. The van der Waals surface area contributed by atoms with E-state index in [4.69, 9.17) is 0 Å². The lowest BCUT2D eigenvalue weighted by molar-refractivity contribution is 0.0447. The molecule has 0 aliphatic carbocycles. The summed E-state index contributed by atoms with van der Waals surface area (Å²) in [5.74, 6) is 0. The number of hydrogen-bond donors (Lipinski definition) is 1. The molecule has 2 aromatic rings. The lowest BCUT2D eigenvalue weighted by atomic mass is 9.89. The summed E-state index contributed by atoms with van der Waals surface area (Å²) in [6.07, 6.45) is 1.92. The van der Waals surface area contributed by atoms with E-state index in [1.165, 1.54) is 6.26 Å². The SMILES string of the molecule is Cc1ccccc1[C@]1(O)CCN(Cc2ccc(S(C)(=O)=O)cc2)C1. The summed E-state index contributed by atoms with van der Waals surface area (Å²) in [4.78, 5) is 2.55. The van der Waals surface area contributed by atoms with Crippen molar-refractivity contribution in [1.82, 2.24) is 4.90 Å². The fourth-order valence-corrected chi connectivity index (χ4v) is 4.05. The largest absolute Gasteiger partial charge is 0.384 e. The van der Waals surface area contributed by atoms with E-state index in [9.17, 15) is 13.5 Å². The number of hydrogen-bond acceptors (Lipinski definition) is 4. The molecule has 1 saturated heterocycles. The van der Waals surface area contributed by atoms with Crippen LogP contribution in [0.1, 0.15) is 23.1 Å². The average Bonchev–Trinajstić information content (AvgIpc) is 2.89. The van der Waals surface area contributed by atoms with E-state index in [1.54, 1.807) is 12.1 Å². The third-order valence-corrected chi connectivity index (χ3v) is 5.86. The van der Waals surface area contributed by atoms with Crippen molar-refractivity contribution < 1.29 is 13.5 Å². The normalized spacial score (nSPS) is 22.0. The summed E-state index contributed by atoms with van der Waals surface area (Å²) in [6.45, 7) is 4.14. The zero-order chi connectivity index (χ0) is 17.4. The zero-order valence-corrected chi connectivity index (χ0v) is 14.9. The molecule has 0 radical (unpaired) electrons. The highest BCUT2D eigenvalue weighted by Crippen LogP contribution is 2.34. The van der Waals surface area contributed by atoms with Gasteiger partial charge in [0.2, 0.25) is 0 Å². The third-order valence-electron chi connectivity index (χ3n) is 4.73. The Morgan fingerprint density at radius 2 is 1.79 bits per heavy atom. The van der Waals surface area contributed by atoms with Crippen LogP contribution in [0.25, 0.3) is 0 Å². The van der Waals surface area contributed by atoms with Gasteiger partial charge in [-0.3, -0.25) is 4.90 Å². The van der Waals surface area contributed by atoms with Crippen LogP contribution in [0.4, 0.5) is 0 Å². The lowest BCUT2D eigenvalue weighted by Crippen LogP contribution is -2.31. The third kappa shape index (κ3) is 3.53. The minimum absolute atomic E-state index is 0.337. The molecule has 0 bridgehead atoms. The fourth-order valence-electron chi connectivity index (χ4n) is 3.42. The Kier molecular flexibility index (Phi) is 4.51. The molecule has 1 heterocycles. The Morgan fingerprint density at radius 1 is 1.12 bits per heavy atom. The lowest BCUT2D eigenvalue weighted by Gasteiger charge is -2.25. The standard InChI is InChI=1S/C19H23NO3S/c1-15-5-3-4-6-18(15)19(21)11-12-20(14-19)13-16-7-9-17(10-8-16)24(2,22)23/h3-10,21H,11-14H2,1-2H3/t19-/m0/s1. The maximum atomic E-state index is 11.5. The molecule has 24 heavy (non-hydrogen) atoms. The zero-order valence-electron chi connectivity index (χ0n) is 14.1. The Balaban J connectivity index is 1.71. The van der Waals surface area contributed by atoms with Crippen LogP contribution in [-0.4, -0.2) is 37.8 Å². The van der Waals surface area contributed by atoms with Crippen molar-refractivity contribution in [2.45, 2.75) is 30.4 Å². The first kappa shape index (κ1) is 17.1. The smallest absolute Gasteiger partial charge is 0.175 e. The summed E-state index contributed by atoms with van der Waals surface area (Å²) in [5.41, 5.74) is 2.36. The number of likely N-dealkylation sites (tertiary alicyclic amines) is 1. The van der Waals surface area contributed by atoms with Gasteiger partial charge in [0.25, 0.3) is 0 Å². The second-order valence-electron chi connectivity index (χ2n) is 6.72. The van der Waals surface area contributed by atoms with Crippen molar-refractivity contribution in [1.29, 1.82) is 0 Å². The molecular weight excluding hydrogens is 322 g/mol. The highest BCUT2D eigenvalue weighted by atomic mass is 32.2. The second-order valence-corrected chi connectivity index (χ2v) is 8.74. The number of β-amino-alcohol motifs (C(OH)–C–C–N with tert-alkyl or cyclic N) is 1. The van der Waals surface area contributed by atoms with E-state index in [1.807, 2.05) is 43.3 Å². The molecule has 3 rings (SSSR count). The molecule has 1 N–H and O–H groups in total. The quantitative estimate of drug-likeness (QED) is 0.925. The van der Waals surface area contributed by atoms with Crippen LogP contribution in [0.2, 0.25) is 0 Å². The van der Waals surface area contributed by atoms with E-state index >= 15 is 0 Å². The molecular formula is C19H23NO3S. The van der Waals surface area contributed by atoms with Crippen molar-refractivity contribution in [3.8, 4) is 0 Å². The van der Waals surface area contributed by atoms with Gasteiger partial charge >= 0.3 is 0 Å². The van der Waals surface area contributed by atoms with Crippen LogP contribution < -0.4 is 0 Å². The average molecular weight is 345 g/mol. The number of rotatable bonds is 4. The fraction of sp³-hybridized carbons (Fsp3) is 0.368. The Morgan fingerprint density at radius 3 is 2.42 bits per heavy atom. The minimum atomic E-state index is -3.16.